The number of rotatable bonds is 4. The molecule has 0 spiro atoms. The smallest absolute Gasteiger partial charge is 0.306 e. The maximum absolute atomic E-state index is 11.1. The molecule has 0 radical (unpaired) electrons. The molecule has 0 N–H and O–H groups in total. The number of esters is 1. The lowest BCUT2D eigenvalue weighted by molar-refractivity contribution is -0.334. The molecule has 2 atom stereocenters. The fourth-order valence-corrected chi connectivity index (χ4v) is 2.37. The summed E-state index contributed by atoms with van der Waals surface area (Å²) in [5.74, 6) is -0.456. The Hall–Kier alpha value is -0.610. The van der Waals surface area contributed by atoms with Gasteiger partial charge in [0, 0.05) is 25.6 Å². The summed E-state index contributed by atoms with van der Waals surface area (Å²) >= 11 is 0. The second kappa shape index (κ2) is 3.51. The molecule has 2 unspecified atom stereocenters. The quantitative estimate of drug-likeness (QED) is 0.503. The number of hydrogen-bond donors (Lipinski definition) is 0. The van der Waals surface area contributed by atoms with Crippen LogP contribution in [0.2, 0.25) is 0 Å². The minimum Gasteiger partial charge on any atom is -0.456 e. The summed E-state index contributed by atoms with van der Waals surface area (Å²) in [6.07, 6.45) is 1.13. The van der Waals surface area contributed by atoms with Gasteiger partial charge in [-0.25, -0.2) is 0 Å². The van der Waals surface area contributed by atoms with Crippen molar-refractivity contribution in [3.8, 4) is 0 Å². The van der Waals surface area contributed by atoms with E-state index in [1.807, 2.05) is 13.8 Å². The Labute approximate surface area is 83.5 Å². The highest BCUT2D eigenvalue weighted by molar-refractivity contribution is 5.73. The van der Waals surface area contributed by atoms with Gasteiger partial charge >= 0.3 is 5.97 Å². The molecule has 0 aromatic carbocycles. The number of carbonyl (C=O) groups excluding carboxylic acids is 1. The van der Waals surface area contributed by atoms with E-state index >= 15 is 0 Å². The van der Waals surface area contributed by atoms with Gasteiger partial charge in [0.15, 0.2) is 6.10 Å². The Morgan fingerprint density at radius 2 is 2.07 bits per heavy atom. The Kier molecular flexibility index (Phi) is 2.49. The van der Waals surface area contributed by atoms with E-state index in [4.69, 9.17) is 14.2 Å². The first-order chi connectivity index (χ1) is 6.72. The second-order valence-corrected chi connectivity index (χ2v) is 3.76. The largest absolute Gasteiger partial charge is 0.456 e. The SMILES string of the molecule is CCOC1(OCC)CC2CC(=O)OC21. The predicted octanol–water partition coefficient (Wildman–Crippen LogP) is 1.09. The zero-order chi connectivity index (χ0) is 10.2. The van der Waals surface area contributed by atoms with Crippen LogP contribution in [0, 0.1) is 5.92 Å². The minimum absolute atomic E-state index is 0.124. The Bertz CT molecular complexity index is 232. The van der Waals surface area contributed by atoms with Gasteiger partial charge in [-0.15, -0.1) is 0 Å². The molecule has 1 aliphatic carbocycles. The molecule has 2 aliphatic rings. The van der Waals surface area contributed by atoms with Gasteiger partial charge in [-0.1, -0.05) is 0 Å². The first kappa shape index (κ1) is 9.93. The summed E-state index contributed by atoms with van der Waals surface area (Å²) in [6, 6.07) is 0. The van der Waals surface area contributed by atoms with Gasteiger partial charge in [0.05, 0.1) is 6.42 Å². The van der Waals surface area contributed by atoms with Crippen LogP contribution in [0.3, 0.4) is 0 Å². The fourth-order valence-electron chi connectivity index (χ4n) is 2.37. The van der Waals surface area contributed by atoms with Gasteiger partial charge in [-0.3, -0.25) is 4.79 Å². The van der Waals surface area contributed by atoms with Crippen LogP contribution >= 0.6 is 0 Å². The van der Waals surface area contributed by atoms with Gasteiger partial charge in [0.1, 0.15) is 0 Å². The zero-order valence-electron chi connectivity index (χ0n) is 8.62. The van der Waals surface area contributed by atoms with Gasteiger partial charge in [0.25, 0.3) is 0 Å². The van der Waals surface area contributed by atoms with E-state index in [0.717, 1.165) is 6.42 Å². The van der Waals surface area contributed by atoms with Crippen LogP contribution in [0.15, 0.2) is 0 Å². The third kappa shape index (κ3) is 1.33. The summed E-state index contributed by atoms with van der Waals surface area (Å²) in [5, 5.41) is 0. The molecule has 1 heterocycles. The van der Waals surface area contributed by atoms with Gasteiger partial charge in [-0.05, 0) is 13.8 Å². The van der Waals surface area contributed by atoms with Crippen LogP contribution in [0.5, 0.6) is 0 Å². The highest BCUT2D eigenvalue weighted by Gasteiger charge is 2.62. The number of fused-ring (bicyclic) bond motifs is 1. The van der Waals surface area contributed by atoms with Crippen molar-refractivity contribution < 1.29 is 19.0 Å². The van der Waals surface area contributed by atoms with Crippen LogP contribution in [-0.4, -0.2) is 31.1 Å². The highest BCUT2D eigenvalue weighted by Crippen LogP contribution is 2.49. The van der Waals surface area contributed by atoms with Crippen LogP contribution in [0.1, 0.15) is 26.7 Å². The molecule has 14 heavy (non-hydrogen) atoms. The molecular weight excluding hydrogens is 184 g/mol. The monoisotopic (exact) mass is 200 g/mol. The molecule has 1 saturated heterocycles. The van der Waals surface area contributed by atoms with Crippen molar-refractivity contribution in [2.75, 3.05) is 13.2 Å². The minimum atomic E-state index is -0.639. The average molecular weight is 200 g/mol. The number of carbonyl (C=O) groups is 1. The van der Waals surface area contributed by atoms with Gasteiger partial charge < -0.3 is 14.2 Å². The van der Waals surface area contributed by atoms with Crippen molar-refractivity contribution in [1.29, 1.82) is 0 Å². The summed E-state index contributed by atoms with van der Waals surface area (Å²) in [7, 11) is 0. The Balaban J connectivity index is 2.04. The molecule has 4 nitrogen and oxygen atoms in total. The topological polar surface area (TPSA) is 44.8 Å². The van der Waals surface area contributed by atoms with E-state index in [2.05, 4.69) is 0 Å². The maximum Gasteiger partial charge on any atom is 0.306 e. The number of hydrogen-bond acceptors (Lipinski definition) is 4. The third-order valence-corrected chi connectivity index (χ3v) is 2.87. The molecule has 4 heteroatoms. The molecule has 0 aromatic heterocycles. The van der Waals surface area contributed by atoms with Gasteiger partial charge in [-0.2, -0.15) is 0 Å². The molecular formula is C10H16O4. The van der Waals surface area contributed by atoms with Crippen LogP contribution < -0.4 is 0 Å². The molecule has 2 fully saturated rings. The molecule has 0 amide bonds. The maximum atomic E-state index is 11.1. The second-order valence-electron chi connectivity index (χ2n) is 3.76. The first-order valence-corrected chi connectivity index (χ1v) is 5.19. The molecule has 1 saturated carbocycles. The van der Waals surface area contributed by atoms with E-state index in [1.54, 1.807) is 0 Å². The molecule has 80 valence electrons. The summed E-state index contributed by atoms with van der Waals surface area (Å²) in [6.45, 7) is 5.01. The zero-order valence-corrected chi connectivity index (χ0v) is 8.62. The lowest BCUT2D eigenvalue weighted by Gasteiger charge is -2.48. The normalized spacial score (nSPS) is 33.4. The molecule has 0 aromatic rings. The molecule has 2 rings (SSSR count). The Morgan fingerprint density at radius 3 is 2.57 bits per heavy atom. The summed E-state index contributed by atoms with van der Waals surface area (Å²) < 4.78 is 16.3. The van der Waals surface area contributed by atoms with Crippen molar-refractivity contribution in [2.45, 2.75) is 38.6 Å². The predicted molar refractivity (Wildman–Crippen MR) is 48.6 cm³/mol. The number of ether oxygens (including phenoxy) is 3. The fraction of sp³-hybridized carbons (Fsp3) is 0.900. The lowest BCUT2D eigenvalue weighted by atomic mass is 9.75. The Morgan fingerprint density at radius 1 is 1.43 bits per heavy atom. The highest BCUT2D eigenvalue weighted by atomic mass is 16.7. The third-order valence-electron chi connectivity index (χ3n) is 2.87. The first-order valence-electron chi connectivity index (χ1n) is 5.19. The van der Waals surface area contributed by atoms with Crippen molar-refractivity contribution in [3.05, 3.63) is 0 Å². The van der Waals surface area contributed by atoms with E-state index in [0.29, 0.717) is 25.6 Å². The molecule has 0 bridgehead atoms. The summed E-state index contributed by atoms with van der Waals surface area (Å²) in [5.41, 5.74) is 0. The van der Waals surface area contributed by atoms with E-state index in [-0.39, 0.29) is 12.1 Å². The lowest BCUT2D eigenvalue weighted by Crippen LogP contribution is -2.60. The van der Waals surface area contributed by atoms with Gasteiger partial charge in [0.2, 0.25) is 5.79 Å². The van der Waals surface area contributed by atoms with Crippen molar-refractivity contribution in [1.82, 2.24) is 0 Å². The standard InChI is InChI=1S/C10H16O4/c1-3-12-10(13-4-2)6-7-5-8(11)14-9(7)10/h7,9H,3-6H2,1-2H3. The van der Waals surface area contributed by atoms with Crippen molar-refractivity contribution in [3.63, 3.8) is 0 Å². The molecule has 1 aliphatic heterocycles. The van der Waals surface area contributed by atoms with E-state index < -0.39 is 5.79 Å². The van der Waals surface area contributed by atoms with Crippen LogP contribution in [0.4, 0.5) is 0 Å². The average Bonchev–Trinajstić information content (AvgIpc) is 2.43. The van der Waals surface area contributed by atoms with Crippen molar-refractivity contribution >= 4 is 5.97 Å². The van der Waals surface area contributed by atoms with Crippen LogP contribution in [0.25, 0.3) is 0 Å². The van der Waals surface area contributed by atoms with E-state index in [9.17, 15) is 4.79 Å². The summed E-state index contributed by atoms with van der Waals surface area (Å²) in [4.78, 5) is 11.1. The van der Waals surface area contributed by atoms with E-state index in [1.165, 1.54) is 0 Å². The van der Waals surface area contributed by atoms with Crippen LogP contribution in [-0.2, 0) is 19.0 Å². The van der Waals surface area contributed by atoms with Crippen molar-refractivity contribution in [2.24, 2.45) is 5.92 Å².